The van der Waals surface area contributed by atoms with Crippen LogP contribution < -0.4 is 5.32 Å². The lowest BCUT2D eigenvalue weighted by atomic mass is 10.1. The predicted molar refractivity (Wildman–Crippen MR) is 70.3 cm³/mol. The molecule has 0 aliphatic carbocycles. The first-order chi connectivity index (χ1) is 7.75. The minimum atomic E-state index is 0.0376. The van der Waals surface area contributed by atoms with Crippen LogP contribution in [0.3, 0.4) is 0 Å². The van der Waals surface area contributed by atoms with Gasteiger partial charge in [-0.3, -0.25) is 0 Å². The van der Waals surface area contributed by atoms with Gasteiger partial charge in [-0.1, -0.05) is 18.2 Å². The second kappa shape index (κ2) is 7.53. The van der Waals surface area contributed by atoms with Gasteiger partial charge in [-0.15, -0.1) is 11.6 Å². The smallest absolute Gasteiger partial charge is 0.0577 e. The largest absolute Gasteiger partial charge is 0.385 e. The molecule has 0 aromatic heterocycles. The molecule has 1 unspecified atom stereocenters. The molecule has 1 aromatic rings. The number of anilines is 1. The molecule has 0 saturated heterocycles. The molecule has 0 aliphatic rings. The molecular weight excluding hydrogens is 222 g/mol. The van der Waals surface area contributed by atoms with Gasteiger partial charge in [0.15, 0.2) is 0 Å². The van der Waals surface area contributed by atoms with Gasteiger partial charge in [-0.05, 0) is 31.9 Å². The average Bonchev–Trinajstić information content (AvgIpc) is 2.29. The van der Waals surface area contributed by atoms with Crippen LogP contribution in [-0.4, -0.2) is 19.8 Å². The lowest BCUT2D eigenvalue weighted by molar-refractivity contribution is 0.147. The minimum Gasteiger partial charge on any atom is -0.385 e. The van der Waals surface area contributed by atoms with Gasteiger partial charge in [0.25, 0.3) is 0 Å². The van der Waals surface area contributed by atoms with Crippen LogP contribution in [0.4, 0.5) is 5.69 Å². The lowest BCUT2D eigenvalue weighted by Gasteiger charge is -2.13. The van der Waals surface area contributed by atoms with E-state index in [2.05, 4.69) is 17.4 Å². The first kappa shape index (κ1) is 13.3. The van der Waals surface area contributed by atoms with Gasteiger partial charge in [0.1, 0.15) is 0 Å². The fraction of sp³-hybridized carbons (Fsp3) is 0.538. The number of hydrogen-bond acceptors (Lipinski definition) is 2. The number of halogens is 1. The van der Waals surface area contributed by atoms with E-state index in [0.29, 0.717) is 0 Å². The number of para-hydroxylation sites is 1. The van der Waals surface area contributed by atoms with Crippen molar-refractivity contribution in [3.63, 3.8) is 0 Å². The summed E-state index contributed by atoms with van der Waals surface area (Å²) in [6.45, 7) is 6.51. The van der Waals surface area contributed by atoms with Gasteiger partial charge in [0.05, 0.1) is 5.38 Å². The predicted octanol–water partition coefficient (Wildman–Crippen LogP) is 3.82. The Morgan fingerprint density at radius 1 is 1.38 bits per heavy atom. The van der Waals surface area contributed by atoms with Crippen LogP contribution in [0.1, 0.15) is 31.2 Å². The Hall–Kier alpha value is -0.730. The maximum atomic E-state index is 6.11. The van der Waals surface area contributed by atoms with E-state index in [-0.39, 0.29) is 5.38 Å². The highest BCUT2D eigenvalue weighted by Crippen LogP contribution is 2.26. The number of nitrogens with one attached hydrogen (secondary N) is 1. The third kappa shape index (κ3) is 4.42. The number of benzene rings is 1. The summed E-state index contributed by atoms with van der Waals surface area (Å²) in [4.78, 5) is 0. The number of rotatable bonds is 7. The third-order valence-electron chi connectivity index (χ3n) is 2.37. The highest BCUT2D eigenvalue weighted by molar-refractivity contribution is 6.21. The zero-order valence-electron chi connectivity index (χ0n) is 10.0. The molecule has 1 aromatic carbocycles. The normalized spacial score (nSPS) is 12.4. The molecular formula is C13H20ClNO. The second-order valence-electron chi connectivity index (χ2n) is 3.68. The van der Waals surface area contributed by atoms with E-state index >= 15 is 0 Å². The summed E-state index contributed by atoms with van der Waals surface area (Å²) in [5.41, 5.74) is 2.28. The van der Waals surface area contributed by atoms with Crippen molar-refractivity contribution in [1.82, 2.24) is 0 Å². The summed E-state index contributed by atoms with van der Waals surface area (Å²) >= 11 is 6.11. The molecule has 90 valence electrons. The number of ether oxygens (including phenoxy) is 1. The van der Waals surface area contributed by atoms with Crippen molar-refractivity contribution in [2.75, 3.05) is 25.1 Å². The Labute approximate surface area is 103 Å². The van der Waals surface area contributed by atoms with E-state index in [4.69, 9.17) is 16.3 Å². The van der Waals surface area contributed by atoms with Crippen molar-refractivity contribution in [1.29, 1.82) is 0 Å². The molecule has 0 spiro atoms. The van der Waals surface area contributed by atoms with Gasteiger partial charge in [0, 0.05) is 25.4 Å². The Morgan fingerprint density at radius 3 is 2.81 bits per heavy atom. The van der Waals surface area contributed by atoms with Crippen LogP contribution in [-0.2, 0) is 4.74 Å². The van der Waals surface area contributed by atoms with Crippen molar-refractivity contribution in [3.05, 3.63) is 29.8 Å². The fourth-order valence-electron chi connectivity index (χ4n) is 1.55. The lowest BCUT2D eigenvalue weighted by Crippen LogP contribution is -2.07. The maximum absolute atomic E-state index is 6.11. The van der Waals surface area contributed by atoms with Crippen LogP contribution in [0.2, 0.25) is 0 Å². The van der Waals surface area contributed by atoms with Crippen molar-refractivity contribution >= 4 is 17.3 Å². The maximum Gasteiger partial charge on any atom is 0.0577 e. The van der Waals surface area contributed by atoms with E-state index in [0.717, 1.165) is 37.4 Å². The molecule has 1 rings (SSSR count). The molecule has 2 nitrogen and oxygen atoms in total. The summed E-state index contributed by atoms with van der Waals surface area (Å²) < 4.78 is 5.28. The molecule has 3 heteroatoms. The molecule has 0 radical (unpaired) electrons. The molecule has 1 atom stereocenters. The van der Waals surface area contributed by atoms with E-state index < -0.39 is 0 Å². The quantitative estimate of drug-likeness (QED) is 0.579. The van der Waals surface area contributed by atoms with Gasteiger partial charge < -0.3 is 10.1 Å². The van der Waals surface area contributed by atoms with Crippen LogP contribution in [0.15, 0.2) is 24.3 Å². The van der Waals surface area contributed by atoms with Crippen molar-refractivity contribution in [2.24, 2.45) is 0 Å². The van der Waals surface area contributed by atoms with Crippen molar-refractivity contribution in [2.45, 2.75) is 25.6 Å². The SMILES string of the molecule is CCOCCCNc1ccccc1C(C)Cl. The zero-order chi connectivity index (χ0) is 11.8. The summed E-state index contributed by atoms with van der Waals surface area (Å²) in [5, 5.41) is 3.43. The van der Waals surface area contributed by atoms with Gasteiger partial charge in [0.2, 0.25) is 0 Å². The van der Waals surface area contributed by atoms with Gasteiger partial charge >= 0.3 is 0 Å². The van der Waals surface area contributed by atoms with Gasteiger partial charge in [-0.25, -0.2) is 0 Å². The van der Waals surface area contributed by atoms with Crippen LogP contribution in [0, 0.1) is 0 Å². The van der Waals surface area contributed by atoms with Crippen molar-refractivity contribution in [3.8, 4) is 0 Å². The molecule has 16 heavy (non-hydrogen) atoms. The van der Waals surface area contributed by atoms with Gasteiger partial charge in [-0.2, -0.15) is 0 Å². The van der Waals surface area contributed by atoms with Crippen LogP contribution in [0.5, 0.6) is 0 Å². The summed E-state index contributed by atoms with van der Waals surface area (Å²) in [6, 6.07) is 8.16. The van der Waals surface area contributed by atoms with Crippen LogP contribution >= 0.6 is 11.6 Å². The molecule has 0 heterocycles. The molecule has 0 fully saturated rings. The number of alkyl halides is 1. The Kier molecular flexibility index (Phi) is 6.27. The average molecular weight is 242 g/mol. The Balaban J connectivity index is 2.41. The first-order valence-electron chi connectivity index (χ1n) is 5.80. The monoisotopic (exact) mass is 241 g/mol. The molecule has 1 N–H and O–H groups in total. The molecule has 0 aliphatic heterocycles. The molecule has 0 bridgehead atoms. The van der Waals surface area contributed by atoms with E-state index in [1.54, 1.807) is 0 Å². The number of hydrogen-bond donors (Lipinski definition) is 1. The standard InChI is InChI=1S/C13H20ClNO/c1-3-16-10-6-9-15-13-8-5-4-7-12(13)11(2)14/h4-5,7-8,11,15H,3,6,9-10H2,1-2H3. The highest BCUT2D eigenvalue weighted by atomic mass is 35.5. The third-order valence-corrected chi connectivity index (χ3v) is 2.61. The Bertz CT molecular complexity index is 302. The van der Waals surface area contributed by atoms with Crippen LogP contribution in [0.25, 0.3) is 0 Å². The molecule has 0 amide bonds. The fourth-order valence-corrected chi connectivity index (χ4v) is 1.74. The summed E-state index contributed by atoms with van der Waals surface area (Å²) in [6.07, 6.45) is 1.01. The highest BCUT2D eigenvalue weighted by Gasteiger charge is 2.05. The minimum absolute atomic E-state index is 0.0376. The molecule has 0 saturated carbocycles. The second-order valence-corrected chi connectivity index (χ2v) is 4.34. The summed E-state index contributed by atoms with van der Waals surface area (Å²) in [5.74, 6) is 0. The van der Waals surface area contributed by atoms with E-state index in [1.165, 1.54) is 0 Å². The zero-order valence-corrected chi connectivity index (χ0v) is 10.8. The van der Waals surface area contributed by atoms with E-state index in [1.807, 2.05) is 26.0 Å². The van der Waals surface area contributed by atoms with E-state index in [9.17, 15) is 0 Å². The first-order valence-corrected chi connectivity index (χ1v) is 6.24. The summed E-state index contributed by atoms with van der Waals surface area (Å²) in [7, 11) is 0. The Morgan fingerprint density at radius 2 is 2.12 bits per heavy atom. The van der Waals surface area contributed by atoms with Crippen molar-refractivity contribution < 1.29 is 4.74 Å². The topological polar surface area (TPSA) is 21.3 Å².